The Hall–Kier alpha value is -1.57. The fourth-order valence-corrected chi connectivity index (χ4v) is 1.53. The van der Waals surface area contributed by atoms with Gasteiger partial charge in [0, 0.05) is 20.0 Å². The van der Waals surface area contributed by atoms with E-state index in [1.54, 1.807) is 34.7 Å². The van der Waals surface area contributed by atoms with E-state index in [0.717, 1.165) is 0 Å². The number of rotatable bonds is 6. The molecule has 5 heteroatoms. The first kappa shape index (κ1) is 16.4. The van der Waals surface area contributed by atoms with Gasteiger partial charge in [-0.05, 0) is 19.8 Å². The van der Waals surface area contributed by atoms with Crippen molar-refractivity contribution in [3.8, 4) is 6.07 Å². The van der Waals surface area contributed by atoms with Crippen LogP contribution in [-0.2, 0) is 9.59 Å². The highest BCUT2D eigenvalue weighted by Gasteiger charge is 2.39. The number of carboxylic acid groups (broad SMARTS) is 1. The van der Waals surface area contributed by atoms with E-state index >= 15 is 0 Å². The second-order valence-corrected chi connectivity index (χ2v) is 5.36. The van der Waals surface area contributed by atoms with Crippen LogP contribution in [0.4, 0.5) is 0 Å². The number of amides is 1. The van der Waals surface area contributed by atoms with E-state index in [0.29, 0.717) is 6.54 Å². The zero-order valence-electron chi connectivity index (χ0n) is 11.7. The lowest BCUT2D eigenvalue weighted by molar-refractivity contribution is -0.155. The highest BCUT2D eigenvalue weighted by atomic mass is 16.4. The van der Waals surface area contributed by atoms with Crippen LogP contribution in [-0.4, -0.2) is 35.5 Å². The monoisotopic (exact) mass is 254 g/mol. The highest BCUT2D eigenvalue weighted by Crippen LogP contribution is 2.32. The van der Waals surface area contributed by atoms with Gasteiger partial charge in [0.2, 0.25) is 5.91 Å². The molecule has 2 unspecified atom stereocenters. The van der Waals surface area contributed by atoms with Crippen LogP contribution in [0.2, 0.25) is 0 Å². The third-order valence-corrected chi connectivity index (χ3v) is 3.48. The van der Waals surface area contributed by atoms with Crippen molar-refractivity contribution >= 4 is 11.9 Å². The van der Waals surface area contributed by atoms with Crippen molar-refractivity contribution in [2.24, 2.45) is 17.3 Å². The van der Waals surface area contributed by atoms with E-state index in [2.05, 4.69) is 0 Å². The molecular weight excluding hydrogens is 232 g/mol. The molecule has 0 aromatic carbocycles. The first-order chi connectivity index (χ1) is 8.15. The summed E-state index contributed by atoms with van der Waals surface area (Å²) in [6, 6.07) is 2.05. The zero-order chi connectivity index (χ0) is 14.5. The molecule has 0 aromatic rings. The summed E-state index contributed by atoms with van der Waals surface area (Å²) in [5.74, 6) is -1.60. The maximum Gasteiger partial charge on any atom is 0.310 e. The number of hydrogen-bond acceptors (Lipinski definition) is 3. The van der Waals surface area contributed by atoms with Crippen LogP contribution >= 0.6 is 0 Å². The zero-order valence-corrected chi connectivity index (χ0v) is 11.7. The number of nitriles is 1. The van der Waals surface area contributed by atoms with E-state index in [9.17, 15) is 14.7 Å². The Kier molecular flexibility index (Phi) is 5.83. The smallest absolute Gasteiger partial charge is 0.310 e. The number of carbonyl (C=O) groups excluding carboxylic acids is 1. The molecule has 5 nitrogen and oxygen atoms in total. The molecule has 0 aromatic heterocycles. The minimum Gasteiger partial charge on any atom is -0.481 e. The quantitative estimate of drug-likeness (QED) is 0.782. The third-order valence-electron chi connectivity index (χ3n) is 3.48. The molecule has 0 fully saturated rings. The van der Waals surface area contributed by atoms with Crippen molar-refractivity contribution < 1.29 is 14.7 Å². The molecular formula is C13H22N2O3. The molecule has 0 saturated heterocycles. The lowest BCUT2D eigenvalue weighted by Gasteiger charge is -2.30. The van der Waals surface area contributed by atoms with Crippen LogP contribution in [0.25, 0.3) is 0 Å². The molecule has 18 heavy (non-hydrogen) atoms. The Morgan fingerprint density at radius 2 is 1.89 bits per heavy atom. The topological polar surface area (TPSA) is 81.4 Å². The molecule has 0 saturated carbocycles. The molecule has 0 bridgehead atoms. The van der Waals surface area contributed by atoms with Gasteiger partial charge in [-0.1, -0.05) is 13.8 Å². The van der Waals surface area contributed by atoms with Gasteiger partial charge in [0.15, 0.2) is 0 Å². The third kappa shape index (κ3) is 4.02. The van der Waals surface area contributed by atoms with Gasteiger partial charge in [0.25, 0.3) is 0 Å². The molecule has 102 valence electrons. The summed E-state index contributed by atoms with van der Waals surface area (Å²) in [5.41, 5.74) is -1.07. The number of hydrogen-bond donors (Lipinski definition) is 1. The van der Waals surface area contributed by atoms with Crippen molar-refractivity contribution in [3.05, 3.63) is 0 Å². The summed E-state index contributed by atoms with van der Waals surface area (Å²) in [5, 5.41) is 17.9. The van der Waals surface area contributed by atoms with Crippen molar-refractivity contribution in [1.82, 2.24) is 4.90 Å². The molecule has 1 N–H and O–H groups in total. The first-order valence-electron chi connectivity index (χ1n) is 6.02. The van der Waals surface area contributed by atoms with Crippen molar-refractivity contribution in [3.63, 3.8) is 0 Å². The minimum atomic E-state index is -1.07. The summed E-state index contributed by atoms with van der Waals surface area (Å²) in [4.78, 5) is 24.7. The van der Waals surface area contributed by atoms with Gasteiger partial charge < -0.3 is 10.0 Å². The highest BCUT2D eigenvalue weighted by molar-refractivity contribution is 5.84. The second-order valence-electron chi connectivity index (χ2n) is 5.36. The van der Waals surface area contributed by atoms with Crippen LogP contribution in [0.3, 0.4) is 0 Å². The van der Waals surface area contributed by atoms with Crippen LogP contribution < -0.4 is 0 Å². The average Bonchev–Trinajstić information content (AvgIpc) is 2.27. The lowest BCUT2D eigenvalue weighted by atomic mass is 9.76. The SMILES string of the molecule is CC(C#N)CN(C)C(=O)CC(C)(C(=O)O)C(C)C. The maximum atomic E-state index is 12.0. The Balaban J connectivity index is 4.73. The Bertz CT molecular complexity index is 360. The van der Waals surface area contributed by atoms with Gasteiger partial charge in [-0.3, -0.25) is 9.59 Å². The van der Waals surface area contributed by atoms with Crippen LogP contribution in [0.1, 0.15) is 34.1 Å². The number of nitrogens with zero attached hydrogens (tertiary/aromatic N) is 2. The maximum absolute atomic E-state index is 12.0. The van der Waals surface area contributed by atoms with Crippen LogP contribution in [0, 0.1) is 28.6 Å². The summed E-state index contributed by atoms with van der Waals surface area (Å²) in [6.45, 7) is 7.21. The molecule has 0 spiro atoms. The van der Waals surface area contributed by atoms with E-state index in [1.807, 2.05) is 6.07 Å². The van der Waals surface area contributed by atoms with Crippen molar-refractivity contribution in [2.45, 2.75) is 34.1 Å². The van der Waals surface area contributed by atoms with E-state index in [1.165, 1.54) is 4.90 Å². The summed E-state index contributed by atoms with van der Waals surface area (Å²) in [7, 11) is 1.60. The van der Waals surface area contributed by atoms with Gasteiger partial charge >= 0.3 is 5.97 Å². The van der Waals surface area contributed by atoms with Crippen molar-refractivity contribution in [2.75, 3.05) is 13.6 Å². The minimum absolute atomic E-state index is 0.0470. The van der Waals surface area contributed by atoms with Crippen molar-refractivity contribution in [1.29, 1.82) is 5.26 Å². The molecule has 2 atom stereocenters. The molecule has 0 rings (SSSR count). The molecule has 0 aliphatic heterocycles. The molecule has 0 aliphatic rings. The summed E-state index contributed by atoms with van der Waals surface area (Å²) in [6.07, 6.45) is -0.0470. The standard InChI is InChI=1S/C13H22N2O3/c1-9(2)13(4,12(17)18)6-11(16)15(5)8-10(3)7-14/h9-10H,6,8H2,1-5H3,(H,17,18). The van der Waals surface area contributed by atoms with Crippen LogP contribution in [0.5, 0.6) is 0 Å². The van der Waals surface area contributed by atoms with Gasteiger partial charge in [-0.2, -0.15) is 5.26 Å². The Morgan fingerprint density at radius 1 is 1.39 bits per heavy atom. The average molecular weight is 254 g/mol. The summed E-state index contributed by atoms with van der Waals surface area (Å²) < 4.78 is 0. The van der Waals surface area contributed by atoms with Gasteiger partial charge in [-0.25, -0.2) is 0 Å². The van der Waals surface area contributed by atoms with Gasteiger partial charge in [-0.15, -0.1) is 0 Å². The van der Waals surface area contributed by atoms with Crippen LogP contribution in [0.15, 0.2) is 0 Å². The molecule has 0 aliphatic carbocycles. The summed E-state index contributed by atoms with van der Waals surface area (Å²) >= 11 is 0. The Morgan fingerprint density at radius 3 is 2.22 bits per heavy atom. The van der Waals surface area contributed by atoms with E-state index < -0.39 is 11.4 Å². The first-order valence-corrected chi connectivity index (χ1v) is 6.02. The fraction of sp³-hybridized carbons (Fsp3) is 0.769. The second kappa shape index (κ2) is 6.39. The molecule has 1 amide bonds. The van der Waals surface area contributed by atoms with E-state index in [4.69, 9.17) is 5.26 Å². The fourth-order valence-electron chi connectivity index (χ4n) is 1.53. The van der Waals surface area contributed by atoms with E-state index in [-0.39, 0.29) is 24.2 Å². The van der Waals surface area contributed by atoms with Gasteiger partial charge in [0.05, 0.1) is 17.4 Å². The Labute approximate surface area is 108 Å². The number of carboxylic acids is 1. The molecule has 0 heterocycles. The molecule has 0 radical (unpaired) electrons. The van der Waals surface area contributed by atoms with Gasteiger partial charge in [0.1, 0.15) is 0 Å². The predicted octanol–water partition coefficient (Wildman–Crippen LogP) is 1.74. The predicted molar refractivity (Wildman–Crippen MR) is 67.6 cm³/mol. The normalized spacial score (nSPS) is 15.6. The lowest BCUT2D eigenvalue weighted by Crippen LogP contribution is -2.40. The number of aliphatic carboxylic acids is 1. The number of carbonyl (C=O) groups is 2. The largest absolute Gasteiger partial charge is 0.481 e.